The molecule has 0 radical (unpaired) electrons. The lowest BCUT2D eigenvalue weighted by molar-refractivity contribution is -0.161. The van der Waals surface area contributed by atoms with Gasteiger partial charge in [-0.1, -0.05) is 211 Å². The Kier molecular flexibility index (Phi) is 44.8. The van der Waals surface area contributed by atoms with Gasteiger partial charge in [-0.05, 0) is 44.9 Å². The Morgan fingerprint density at radius 1 is 0.508 bits per heavy atom. The number of ether oxygens (including phenoxy) is 2. The topological polar surface area (TPSA) is 149 Å². The van der Waals surface area contributed by atoms with Gasteiger partial charge in [0.2, 0.25) is 0 Å². The molecule has 0 saturated heterocycles. The summed E-state index contributed by atoms with van der Waals surface area (Å²) in [5.74, 6) is -0.935. The molecule has 1 unspecified atom stereocenters. The molecule has 11 heteroatoms. The SMILES string of the molecule is CC/C=C/C/C=C/C/C=C/CCCCCCCC(=O)O[C@@H](COC(=O)CCCCCCCCCCCCCCCCCCCCCCCCC)COP(=O)(O)OC[C@H](O)CO. The third-order valence-electron chi connectivity index (χ3n) is 10.8. The van der Waals surface area contributed by atoms with Gasteiger partial charge in [0.1, 0.15) is 12.7 Å². The van der Waals surface area contributed by atoms with E-state index in [2.05, 4.69) is 50.3 Å². The molecular weight excluding hydrogens is 792 g/mol. The Balaban J connectivity index is 4.13. The quantitative estimate of drug-likeness (QED) is 0.0233. The Bertz CT molecular complexity index is 1110. The maximum Gasteiger partial charge on any atom is 0.472 e. The first-order chi connectivity index (χ1) is 29.7. The zero-order valence-corrected chi connectivity index (χ0v) is 40.0. The third kappa shape index (κ3) is 46.0. The Labute approximate surface area is 373 Å². The van der Waals surface area contributed by atoms with Gasteiger partial charge < -0.3 is 24.6 Å². The largest absolute Gasteiger partial charge is 0.472 e. The molecule has 61 heavy (non-hydrogen) atoms. The van der Waals surface area contributed by atoms with Crippen LogP contribution in [0.1, 0.15) is 232 Å². The molecule has 0 amide bonds. The summed E-state index contributed by atoms with van der Waals surface area (Å²) in [5.41, 5.74) is 0. The van der Waals surface area contributed by atoms with Crippen molar-refractivity contribution in [2.75, 3.05) is 26.4 Å². The highest BCUT2D eigenvalue weighted by Gasteiger charge is 2.27. The van der Waals surface area contributed by atoms with Gasteiger partial charge in [-0.15, -0.1) is 0 Å². The van der Waals surface area contributed by atoms with Gasteiger partial charge in [0.25, 0.3) is 0 Å². The summed E-state index contributed by atoms with van der Waals surface area (Å²) in [4.78, 5) is 35.1. The minimum Gasteiger partial charge on any atom is -0.462 e. The van der Waals surface area contributed by atoms with Crippen molar-refractivity contribution >= 4 is 19.8 Å². The minimum atomic E-state index is -4.62. The van der Waals surface area contributed by atoms with Crippen molar-refractivity contribution in [3.8, 4) is 0 Å². The number of hydrogen-bond acceptors (Lipinski definition) is 9. The summed E-state index contributed by atoms with van der Waals surface area (Å²) in [6, 6.07) is 0. The van der Waals surface area contributed by atoms with Crippen LogP contribution >= 0.6 is 7.82 Å². The van der Waals surface area contributed by atoms with Gasteiger partial charge in [0.15, 0.2) is 6.10 Å². The van der Waals surface area contributed by atoms with Gasteiger partial charge in [0.05, 0.1) is 19.8 Å². The Morgan fingerprint density at radius 2 is 0.902 bits per heavy atom. The monoisotopic (exact) mass is 885 g/mol. The molecular formula is C50H93O10P. The molecule has 0 saturated carbocycles. The Morgan fingerprint density at radius 3 is 1.36 bits per heavy atom. The van der Waals surface area contributed by atoms with Crippen LogP contribution in [0.2, 0.25) is 0 Å². The number of carbonyl (C=O) groups excluding carboxylic acids is 2. The minimum absolute atomic E-state index is 0.166. The van der Waals surface area contributed by atoms with E-state index in [4.69, 9.17) is 23.6 Å². The standard InChI is InChI=1S/C50H93O10P/c1-3-5-7-9-11-13-15-17-19-20-21-22-23-24-25-26-28-29-31-33-35-37-39-41-49(53)57-45-48(46-59-61(55,56)58-44-47(52)43-51)60-50(54)42-40-38-36-34-32-30-27-18-16-14-12-10-8-6-4-2/h6,8,12,14,18,27,47-48,51-52H,3-5,7,9-11,13,15-17,19-26,28-46H2,1-2H3,(H,55,56)/b8-6+,14-12+,27-18+/t47-,48+/m1/s1. The van der Waals surface area contributed by atoms with Crippen molar-refractivity contribution < 1.29 is 47.8 Å². The molecule has 358 valence electrons. The molecule has 0 aromatic carbocycles. The number of aliphatic hydroxyl groups is 2. The van der Waals surface area contributed by atoms with E-state index < -0.39 is 51.8 Å². The van der Waals surface area contributed by atoms with Gasteiger partial charge >= 0.3 is 19.8 Å². The molecule has 3 N–H and O–H groups in total. The number of esters is 2. The summed E-state index contributed by atoms with van der Waals surface area (Å²) < 4.78 is 32.8. The summed E-state index contributed by atoms with van der Waals surface area (Å²) >= 11 is 0. The fourth-order valence-electron chi connectivity index (χ4n) is 7.01. The molecule has 10 nitrogen and oxygen atoms in total. The van der Waals surface area contributed by atoms with Crippen molar-refractivity contribution in [2.24, 2.45) is 0 Å². The molecule has 0 aromatic heterocycles. The van der Waals surface area contributed by atoms with Crippen LogP contribution in [0.25, 0.3) is 0 Å². The summed E-state index contributed by atoms with van der Waals surface area (Å²) in [7, 11) is -4.62. The normalized spacial score (nSPS) is 14.0. The number of phosphoric acid groups is 1. The first-order valence-corrected chi connectivity index (χ1v) is 26.4. The average Bonchev–Trinajstić information content (AvgIpc) is 3.25. The van der Waals surface area contributed by atoms with Crippen molar-refractivity contribution in [3.63, 3.8) is 0 Å². The van der Waals surface area contributed by atoms with Crippen molar-refractivity contribution in [1.82, 2.24) is 0 Å². The van der Waals surface area contributed by atoms with Crippen LogP contribution in [0.4, 0.5) is 0 Å². The van der Waals surface area contributed by atoms with Crippen LogP contribution in [-0.4, -0.2) is 65.7 Å². The van der Waals surface area contributed by atoms with E-state index >= 15 is 0 Å². The van der Waals surface area contributed by atoms with E-state index in [1.165, 1.54) is 122 Å². The fraction of sp³-hybridized carbons (Fsp3) is 0.840. The molecule has 0 aromatic rings. The van der Waals surface area contributed by atoms with Gasteiger partial charge in [-0.2, -0.15) is 0 Å². The highest BCUT2D eigenvalue weighted by molar-refractivity contribution is 7.47. The van der Waals surface area contributed by atoms with Crippen LogP contribution in [0.15, 0.2) is 36.5 Å². The smallest absolute Gasteiger partial charge is 0.462 e. The number of carbonyl (C=O) groups is 2. The lowest BCUT2D eigenvalue weighted by Gasteiger charge is -2.20. The fourth-order valence-corrected chi connectivity index (χ4v) is 7.80. The van der Waals surface area contributed by atoms with Crippen LogP contribution in [0, 0.1) is 0 Å². The van der Waals surface area contributed by atoms with E-state index in [0.717, 1.165) is 70.6 Å². The second-order valence-corrected chi connectivity index (χ2v) is 18.3. The zero-order chi connectivity index (χ0) is 44.8. The molecule has 0 rings (SSSR count). The third-order valence-corrected chi connectivity index (χ3v) is 11.8. The predicted octanol–water partition coefficient (Wildman–Crippen LogP) is 13.9. The number of aliphatic hydroxyl groups excluding tert-OH is 2. The lowest BCUT2D eigenvalue weighted by Crippen LogP contribution is -2.29. The first-order valence-electron chi connectivity index (χ1n) is 24.9. The zero-order valence-electron chi connectivity index (χ0n) is 39.1. The first kappa shape index (κ1) is 59.2. The average molecular weight is 885 g/mol. The Hall–Kier alpha value is -1.81. The molecule has 0 aliphatic carbocycles. The molecule has 0 heterocycles. The molecule has 0 aliphatic rings. The number of hydrogen-bond donors (Lipinski definition) is 3. The summed E-state index contributed by atoms with van der Waals surface area (Å²) in [5, 5.41) is 18.4. The van der Waals surface area contributed by atoms with Crippen molar-refractivity contribution in [3.05, 3.63) is 36.5 Å². The molecule has 0 aliphatic heterocycles. The highest BCUT2D eigenvalue weighted by Crippen LogP contribution is 2.43. The van der Waals surface area contributed by atoms with Gasteiger partial charge in [-0.25, -0.2) is 4.57 Å². The second-order valence-electron chi connectivity index (χ2n) is 16.8. The molecule has 0 bridgehead atoms. The van der Waals surface area contributed by atoms with Crippen LogP contribution < -0.4 is 0 Å². The molecule has 0 spiro atoms. The predicted molar refractivity (Wildman–Crippen MR) is 251 cm³/mol. The number of rotatable bonds is 47. The van der Waals surface area contributed by atoms with Crippen LogP contribution in [-0.2, 0) is 32.7 Å². The van der Waals surface area contributed by atoms with Crippen molar-refractivity contribution in [2.45, 2.75) is 244 Å². The van der Waals surface area contributed by atoms with E-state index in [1.807, 2.05) is 0 Å². The highest BCUT2D eigenvalue weighted by atomic mass is 31.2. The number of unbranched alkanes of at least 4 members (excludes halogenated alkanes) is 27. The molecule has 0 fully saturated rings. The van der Waals surface area contributed by atoms with E-state index in [0.29, 0.717) is 12.8 Å². The van der Waals surface area contributed by atoms with Crippen LogP contribution in [0.3, 0.4) is 0 Å². The molecule has 3 atom stereocenters. The lowest BCUT2D eigenvalue weighted by atomic mass is 10.0. The van der Waals surface area contributed by atoms with E-state index in [1.54, 1.807) is 0 Å². The summed E-state index contributed by atoms with van der Waals surface area (Å²) in [6.07, 6.45) is 49.8. The van der Waals surface area contributed by atoms with Gasteiger partial charge in [0, 0.05) is 12.8 Å². The summed E-state index contributed by atoms with van der Waals surface area (Å²) in [6.45, 7) is 2.28. The maximum absolute atomic E-state index is 12.6. The maximum atomic E-state index is 12.6. The number of allylic oxidation sites excluding steroid dienone is 6. The van der Waals surface area contributed by atoms with E-state index in [-0.39, 0.29) is 19.4 Å². The second kappa shape index (κ2) is 46.2. The van der Waals surface area contributed by atoms with Crippen molar-refractivity contribution in [1.29, 1.82) is 0 Å². The van der Waals surface area contributed by atoms with Gasteiger partial charge in [-0.3, -0.25) is 18.6 Å². The van der Waals surface area contributed by atoms with E-state index in [9.17, 15) is 24.2 Å². The number of phosphoric ester groups is 1. The van der Waals surface area contributed by atoms with Crippen LogP contribution in [0.5, 0.6) is 0 Å².